The van der Waals surface area contributed by atoms with E-state index in [0.29, 0.717) is 24.7 Å². The van der Waals surface area contributed by atoms with Gasteiger partial charge in [0, 0.05) is 37.6 Å². The molecule has 0 bridgehead atoms. The Morgan fingerprint density at radius 2 is 2.30 bits per heavy atom. The lowest BCUT2D eigenvalue weighted by atomic mass is 10.3. The van der Waals surface area contributed by atoms with Gasteiger partial charge in [0.15, 0.2) is 0 Å². The number of likely N-dealkylation sites (tertiary alicyclic amines) is 1. The lowest BCUT2D eigenvalue weighted by Crippen LogP contribution is -2.31. The van der Waals surface area contributed by atoms with Crippen molar-refractivity contribution in [3.8, 4) is 5.88 Å². The van der Waals surface area contributed by atoms with Crippen LogP contribution in [0.5, 0.6) is 5.88 Å². The van der Waals surface area contributed by atoms with Gasteiger partial charge in [-0.15, -0.1) is 5.10 Å². The Hall–Kier alpha value is -2.57. The number of rotatable bonds is 3. The lowest BCUT2D eigenvalue weighted by Gasteiger charge is -2.16. The van der Waals surface area contributed by atoms with Crippen LogP contribution in [-0.2, 0) is 0 Å². The zero-order valence-electron chi connectivity index (χ0n) is 10.7. The molecule has 0 aromatic carbocycles. The van der Waals surface area contributed by atoms with E-state index in [4.69, 9.17) is 4.74 Å². The number of nitrogens with zero attached hydrogens (tertiary/aromatic N) is 5. The molecule has 1 amide bonds. The van der Waals surface area contributed by atoms with Crippen LogP contribution in [0, 0.1) is 0 Å². The third-order valence-electron chi connectivity index (χ3n) is 3.05. The fourth-order valence-corrected chi connectivity index (χ4v) is 2.10. The summed E-state index contributed by atoms with van der Waals surface area (Å²) in [7, 11) is 0. The van der Waals surface area contributed by atoms with E-state index >= 15 is 0 Å². The Balaban J connectivity index is 1.61. The lowest BCUT2D eigenvalue weighted by molar-refractivity contribution is 0.0764. The van der Waals surface area contributed by atoms with Crippen LogP contribution < -0.4 is 4.74 Å². The quantitative estimate of drug-likeness (QED) is 0.811. The first-order valence-corrected chi connectivity index (χ1v) is 6.32. The first kappa shape index (κ1) is 12.5. The van der Waals surface area contributed by atoms with Crippen LogP contribution >= 0.6 is 0 Å². The molecule has 0 saturated carbocycles. The Kier molecular flexibility index (Phi) is 3.49. The molecule has 0 radical (unpaired) electrons. The van der Waals surface area contributed by atoms with Gasteiger partial charge in [0.1, 0.15) is 11.8 Å². The summed E-state index contributed by atoms with van der Waals surface area (Å²) in [5, 5.41) is 7.63. The SMILES string of the molecule is O=C(c1cnccn1)N1CCC(Oc2cccnn2)C1. The van der Waals surface area contributed by atoms with E-state index in [1.807, 2.05) is 0 Å². The average Bonchev–Trinajstić information content (AvgIpc) is 2.97. The van der Waals surface area contributed by atoms with Crippen LogP contribution in [-0.4, -0.2) is 50.2 Å². The Morgan fingerprint density at radius 3 is 3.05 bits per heavy atom. The number of ether oxygens (including phenoxy) is 1. The van der Waals surface area contributed by atoms with Crippen molar-refractivity contribution in [2.45, 2.75) is 12.5 Å². The summed E-state index contributed by atoms with van der Waals surface area (Å²) >= 11 is 0. The summed E-state index contributed by atoms with van der Waals surface area (Å²) in [6, 6.07) is 3.51. The molecule has 3 heterocycles. The molecule has 1 unspecified atom stereocenters. The molecule has 1 saturated heterocycles. The van der Waals surface area contributed by atoms with E-state index in [-0.39, 0.29) is 12.0 Å². The van der Waals surface area contributed by atoms with E-state index in [1.54, 1.807) is 29.4 Å². The predicted octanol–water partition coefficient (Wildman–Crippen LogP) is 0.560. The van der Waals surface area contributed by atoms with Gasteiger partial charge in [0.25, 0.3) is 5.91 Å². The van der Waals surface area contributed by atoms with Crippen molar-refractivity contribution < 1.29 is 9.53 Å². The molecule has 102 valence electrons. The molecule has 2 aromatic heterocycles. The normalized spacial score (nSPS) is 18.0. The van der Waals surface area contributed by atoms with E-state index in [1.165, 1.54) is 12.4 Å². The number of hydrogen-bond donors (Lipinski definition) is 0. The fourth-order valence-electron chi connectivity index (χ4n) is 2.10. The van der Waals surface area contributed by atoms with Gasteiger partial charge < -0.3 is 9.64 Å². The number of carbonyl (C=O) groups excluding carboxylic acids is 1. The zero-order valence-corrected chi connectivity index (χ0v) is 10.7. The second-order valence-electron chi connectivity index (χ2n) is 4.43. The molecule has 0 spiro atoms. The van der Waals surface area contributed by atoms with Gasteiger partial charge >= 0.3 is 0 Å². The minimum absolute atomic E-state index is 0.0627. The van der Waals surface area contributed by atoms with Crippen molar-refractivity contribution in [1.82, 2.24) is 25.1 Å². The molecule has 3 rings (SSSR count). The van der Waals surface area contributed by atoms with Crippen LogP contribution in [0.1, 0.15) is 16.9 Å². The first-order valence-electron chi connectivity index (χ1n) is 6.32. The average molecular weight is 271 g/mol. The molecule has 1 aliphatic rings. The van der Waals surface area contributed by atoms with Gasteiger partial charge in [-0.1, -0.05) is 0 Å². The number of hydrogen-bond acceptors (Lipinski definition) is 6. The van der Waals surface area contributed by atoms with Crippen molar-refractivity contribution >= 4 is 5.91 Å². The summed E-state index contributed by atoms with van der Waals surface area (Å²) < 4.78 is 5.69. The molecule has 0 N–H and O–H groups in total. The molecule has 7 heteroatoms. The maximum atomic E-state index is 12.2. The van der Waals surface area contributed by atoms with Crippen molar-refractivity contribution in [3.63, 3.8) is 0 Å². The molecule has 0 aliphatic carbocycles. The molecule has 1 atom stereocenters. The smallest absolute Gasteiger partial charge is 0.274 e. The molecule has 1 aliphatic heterocycles. The Morgan fingerprint density at radius 1 is 1.35 bits per heavy atom. The van der Waals surface area contributed by atoms with Crippen molar-refractivity contribution in [2.75, 3.05) is 13.1 Å². The second-order valence-corrected chi connectivity index (χ2v) is 4.43. The predicted molar refractivity (Wildman–Crippen MR) is 69.0 cm³/mol. The summed E-state index contributed by atoms with van der Waals surface area (Å²) in [6.45, 7) is 1.16. The summed E-state index contributed by atoms with van der Waals surface area (Å²) in [6.07, 6.45) is 6.82. The minimum atomic E-state index is -0.122. The Labute approximate surface area is 115 Å². The molecule has 7 nitrogen and oxygen atoms in total. The van der Waals surface area contributed by atoms with Crippen LogP contribution in [0.3, 0.4) is 0 Å². The maximum Gasteiger partial charge on any atom is 0.274 e. The van der Waals surface area contributed by atoms with E-state index in [2.05, 4.69) is 20.2 Å². The zero-order chi connectivity index (χ0) is 13.8. The maximum absolute atomic E-state index is 12.2. The van der Waals surface area contributed by atoms with E-state index < -0.39 is 0 Å². The Bertz CT molecular complexity index is 578. The van der Waals surface area contributed by atoms with Crippen LogP contribution in [0.2, 0.25) is 0 Å². The highest BCUT2D eigenvalue weighted by atomic mass is 16.5. The highest BCUT2D eigenvalue weighted by Crippen LogP contribution is 2.17. The third-order valence-corrected chi connectivity index (χ3v) is 3.05. The molecule has 1 fully saturated rings. The monoisotopic (exact) mass is 271 g/mol. The third kappa shape index (κ3) is 2.71. The van der Waals surface area contributed by atoms with Crippen LogP contribution in [0.25, 0.3) is 0 Å². The molecular weight excluding hydrogens is 258 g/mol. The van der Waals surface area contributed by atoms with Gasteiger partial charge in [0.2, 0.25) is 5.88 Å². The van der Waals surface area contributed by atoms with Crippen molar-refractivity contribution in [3.05, 3.63) is 42.6 Å². The molecule has 20 heavy (non-hydrogen) atoms. The standard InChI is InChI=1S/C13H13N5O2/c19-13(11-8-14-5-6-15-11)18-7-3-10(9-18)20-12-2-1-4-16-17-12/h1-2,4-6,8,10H,3,7,9H2. The fraction of sp³-hybridized carbons (Fsp3) is 0.308. The first-order chi connectivity index (χ1) is 9.83. The number of amides is 1. The van der Waals surface area contributed by atoms with Gasteiger partial charge in [-0.3, -0.25) is 9.78 Å². The topological polar surface area (TPSA) is 81.1 Å². The summed E-state index contributed by atoms with van der Waals surface area (Å²) in [4.78, 5) is 21.8. The van der Waals surface area contributed by atoms with Crippen molar-refractivity contribution in [1.29, 1.82) is 0 Å². The minimum Gasteiger partial charge on any atom is -0.471 e. The molecular formula is C13H13N5O2. The van der Waals surface area contributed by atoms with Crippen LogP contribution in [0.15, 0.2) is 36.9 Å². The highest BCUT2D eigenvalue weighted by Gasteiger charge is 2.29. The second kappa shape index (κ2) is 5.60. The summed E-state index contributed by atoms with van der Waals surface area (Å²) in [5.74, 6) is 0.356. The van der Waals surface area contributed by atoms with Gasteiger partial charge in [-0.2, -0.15) is 5.10 Å². The van der Waals surface area contributed by atoms with Crippen LogP contribution in [0.4, 0.5) is 0 Å². The van der Waals surface area contributed by atoms with Gasteiger partial charge in [0.05, 0.1) is 12.7 Å². The number of carbonyl (C=O) groups is 1. The van der Waals surface area contributed by atoms with Gasteiger partial charge in [-0.05, 0) is 6.07 Å². The summed E-state index contributed by atoms with van der Waals surface area (Å²) in [5.41, 5.74) is 0.354. The van der Waals surface area contributed by atoms with Gasteiger partial charge in [-0.25, -0.2) is 4.98 Å². The number of aromatic nitrogens is 4. The van der Waals surface area contributed by atoms with E-state index in [9.17, 15) is 4.79 Å². The van der Waals surface area contributed by atoms with Crippen molar-refractivity contribution in [2.24, 2.45) is 0 Å². The van der Waals surface area contributed by atoms with E-state index in [0.717, 1.165) is 6.42 Å². The molecule has 2 aromatic rings. The largest absolute Gasteiger partial charge is 0.471 e. The highest BCUT2D eigenvalue weighted by molar-refractivity contribution is 5.92.